The molecule has 0 amide bonds. The van der Waals surface area contributed by atoms with Crippen molar-refractivity contribution >= 4 is 29.0 Å². The van der Waals surface area contributed by atoms with Crippen LogP contribution in [0.4, 0.5) is 5.69 Å². The van der Waals surface area contributed by atoms with Gasteiger partial charge in [0.15, 0.2) is 0 Å². The molecule has 2 N–H and O–H groups in total. The molecule has 3 nitrogen and oxygen atoms in total. The second kappa shape index (κ2) is 5.97. The lowest BCUT2D eigenvalue weighted by atomic mass is 10.1. The van der Waals surface area contributed by atoms with E-state index in [1.807, 2.05) is 48.5 Å². The highest BCUT2D eigenvalue weighted by Gasteiger charge is 2.28. The summed E-state index contributed by atoms with van der Waals surface area (Å²) in [5.74, 6) is 0. The monoisotopic (exact) mass is 295 g/mol. The topological polar surface area (TPSA) is 27.3 Å². The molecule has 0 aliphatic carbocycles. The van der Waals surface area contributed by atoms with E-state index in [1.165, 1.54) is 0 Å². The van der Waals surface area contributed by atoms with Crippen LogP contribution in [0.25, 0.3) is 5.70 Å². The van der Waals surface area contributed by atoms with Gasteiger partial charge in [-0.2, -0.15) is 0 Å². The summed E-state index contributed by atoms with van der Waals surface area (Å²) in [4.78, 5) is 0. The minimum absolute atomic E-state index is 0.0459. The summed E-state index contributed by atoms with van der Waals surface area (Å²) in [5, 5.41) is 7.21. The summed E-state index contributed by atoms with van der Waals surface area (Å²) in [6.45, 7) is 2.07. The zero-order chi connectivity index (χ0) is 14.7. The van der Waals surface area contributed by atoms with Crippen molar-refractivity contribution < 1.29 is 0 Å². The van der Waals surface area contributed by atoms with Gasteiger partial charge in [0.05, 0.1) is 11.4 Å². The van der Waals surface area contributed by atoms with E-state index in [1.54, 1.807) is 5.37 Å². The molecule has 0 radical (unpaired) electrons. The van der Waals surface area contributed by atoms with Gasteiger partial charge in [-0.3, -0.25) is 10.4 Å². The lowest BCUT2D eigenvalue weighted by Gasteiger charge is -2.28. The lowest BCUT2D eigenvalue weighted by molar-refractivity contribution is 0.428. The predicted molar refractivity (Wildman–Crippen MR) is 91.5 cm³/mol. The number of hydrazine groups is 1. The average molecular weight is 295 g/mol. The molecule has 0 saturated carbocycles. The molecule has 1 aliphatic rings. The Hall–Kier alpha value is -2.33. The van der Waals surface area contributed by atoms with Crippen LogP contribution in [-0.4, -0.2) is 16.5 Å². The Kier molecular flexibility index (Phi) is 3.88. The second-order valence-corrected chi connectivity index (χ2v) is 5.18. The molecule has 1 heterocycles. The fourth-order valence-electron chi connectivity index (χ4n) is 2.50. The van der Waals surface area contributed by atoms with Crippen molar-refractivity contribution in [2.45, 2.75) is 13.1 Å². The Morgan fingerprint density at radius 2 is 1.67 bits per heavy atom. The fraction of sp³-hybridized carbons (Fsp3) is 0.118. The molecule has 21 heavy (non-hydrogen) atoms. The van der Waals surface area contributed by atoms with Crippen LogP contribution in [0.5, 0.6) is 0 Å². The summed E-state index contributed by atoms with van der Waals surface area (Å²) < 4.78 is 0. The quantitative estimate of drug-likeness (QED) is 0.842. The Morgan fingerprint density at radius 1 is 1.05 bits per heavy atom. The van der Waals surface area contributed by atoms with Gasteiger partial charge in [0, 0.05) is 16.6 Å². The standard InChI is InChI=1S/C17H17N3S/c1-13-17(14-8-4-2-5-9-14)20(16(12-21)18-13)19-15-10-6-3-7-11-15/h2-12,16,18-19H,1H3. The molecule has 1 aliphatic heterocycles. The Balaban J connectivity index is 1.96. The van der Waals surface area contributed by atoms with Crippen LogP contribution in [0.1, 0.15) is 12.5 Å². The number of anilines is 1. The first-order valence-electron chi connectivity index (χ1n) is 6.88. The zero-order valence-corrected chi connectivity index (χ0v) is 12.6. The maximum Gasteiger partial charge on any atom is 0.148 e. The van der Waals surface area contributed by atoms with Crippen LogP contribution in [0, 0.1) is 0 Å². The van der Waals surface area contributed by atoms with Crippen molar-refractivity contribution in [2.75, 3.05) is 5.43 Å². The van der Waals surface area contributed by atoms with Crippen molar-refractivity contribution in [1.82, 2.24) is 10.3 Å². The normalized spacial score (nSPS) is 17.6. The van der Waals surface area contributed by atoms with Crippen molar-refractivity contribution in [1.29, 1.82) is 0 Å². The molecular formula is C17H17N3S. The highest BCUT2D eigenvalue weighted by molar-refractivity contribution is 7.79. The van der Waals surface area contributed by atoms with Gasteiger partial charge in [-0.25, -0.2) is 0 Å². The number of thiocarbonyl (C=S) groups is 1. The molecule has 1 atom stereocenters. The van der Waals surface area contributed by atoms with Crippen LogP contribution in [0.3, 0.4) is 0 Å². The fourth-order valence-corrected chi connectivity index (χ4v) is 2.69. The summed E-state index contributed by atoms with van der Waals surface area (Å²) in [5.41, 5.74) is 7.85. The summed E-state index contributed by atoms with van der Waals surface area (Å²) in [7, 11) is 0. The number of hydrogen-bond acceptors (Lipinski definition) is 4. The summed E-state index contributed by atoms with van der Waals surface area (Å²) >= 11 is 5.17. The molecule has 0 fully saturated rings. The average Bonchev–Trinajstić information content (AvgIpc) is 2.85. The minimum Gasteiger partial charge on any atom is -0.362 e. The first-order chi connectivity index (χ1) is 10.3. The predicted octanol–water partition coefficient (Wildman–Crippen LogP) is 3.63. The maximum atomic E-state index is 5.17. The Morgan fingerprint density at radius 3 is 2.29 bits per heavy atom. The minimum atomic E-state index is -0.0459. The second-order valence-electron chi connectivity index (χ2n) is 4.91. The Bertz CT molecular complexity index is 652. The lowest BCUT2D eigenvalue weighted by Crippen LogP contribution is -2.41. The van der Waals surface area contributed by atoms with Crippen LogP contribution < -0.4 is 10.7 Å². The number of hydrogen-bond donors (Lipinski definition) is 2. The number of benzene rings is 2. The number of nitrogens with one attached hydrogen (secondary N) is 2. The SMILES string of the molecule is CC1=C(c2ccccc2)N(Nc2ccccc2)C(C=S)N1. The maximum absolute atomic E-state index is 5.17. The van der Waals surface area contributed by atoms with Gasteiger partial charge in [-0.05, 0) is 19.1 Å². The highest BCUT2D eigenvalue weighted by atomic mass is 32.1. The van der Waals surface area contributed by atoms with Crippen LogP contribution >= 0.6 is 12.2 Å². The molecule has 0 saturated heterocycles. The van der Waals surface area contributed by atoms with Crippen molar-refractivity contribution in [2.24, 2.45) is 0 Å². The van der Waals surface area contributed by atoms with E-state index in [9.17, 15) is 0 Å². The van der Waals surface area contributed by atoms with E-state index in [0.717, 1.165) is 22.6 Å². The van der Waals surface area contributed by atoms with E-state index in [-0.39, 0.29) is 6.17 Å². The smallest absolute Gasteiger partial charge is 0.148 e. The van der Waals surface area contributed by atoms with Gasteiger partial charge >= 0.3 is 0 Å². The van der Waals surface area contributed by atoms with E-state index in [0.29, 0.717) is 0 Å². The summed E-state index contributed by atoms with van der Waals surface area (Å²) in [6.07, 6.45) is -0.0459. The molecule has 2 aromatic rings. The van der Waals surface area contributed by atoms with E-state index < -0.39 is 0 Å². The van der Waals surface area contributed by atoms with Crippen molar-refractivity contribution in [3.63, 3.8) is 0 Å². The molecule has 106 valence electrons. The first kappa shape index (κ1) is 13.6. The molecule has 2 aromatic carbocycles. The molecule has 0 spiro atoms. The van der Waals surface area contributed by atoms with Gasteiger partial charge in [0.25, 0.3) is 0 Å². The van der Waals surface area contributed by atoms with Crippen LogP contribution in [0.2, 0.25) is 0 Å². The van der Waals surface area contributed by atoms with E-state index in [2.05, 4.69) is 34.8 Å². The first-order valence-corrected chi connectivity index (χ1v) is 7.36. The number of nitrogens with zero attached hydrogens (tertiary/aromatic N) is 1. The molecule has 3 rings (SSSR count). The summed E-state index contributed by atoms with van der Waals surface area (Å²) in [6, 6.07) is 20.4. The zero-order valence-electron chi connectivity index (χ0n) is 11.8. The third-order valence-corrected chi connectivity index (χ3v) is 3.70. The molecule has 1 unspecified atom stereocenters. The third-order valence-electron chi connectivity index (χ3n) is 3.44. The van der Waals surface area contributed by atoms with Gasteiger partial charge in [-0.1, -0.05) is 60.7 Å². The van der Waals surface area contributed by atoms with Crippen molar-refractivity contribution in [3.05, 3.63) is 71.9 Å². The largest absolute Gasteiger partial charge is 0.362 e. The highest BCUT2D eigenvalue weighted by Crippen LogP contribution is 2.29. The van der Waals surface area contributed by atoms with Crippen LogP contribution in [0.15, 0.2) is 66.4 Å². The molecule has 0 aromatic heterocycles. The van der Waals surface area contributed by atoms with Crippen LogP contribution in [-0.2, 0) is 0 Å². The number of rotatable bonds is 4. The third kappa shape index (κ3) is 2.76. The molecular weight excluding hydrogens is 278 g/mol. The van der Waals surface area contributed by atoms with Crippen molar-refractivity contribution in [3.8, 4) is 0 Å². The van der Waals surface area contributed by atoms with E-state index in [4.69, 9.17) is 12.2 Å². The van der Waals surface area contributed by atoms with Gasteiger partial charge in [0.2, 0.25) is 0 Å². The molecule has 4 heteroatoms. The number of allylic oxidation sites excluding steroid dienone is 1. The number of para-hydroxylation sites is 1. The molecule has 0 bridgehead atoms. The Labute approximate surface area is 130 Å². The van der Waals surface area contributed by atoms with Gasteiger partial charge in [-0.15, -0.1) is 0 Å². The van der Waals surface area contributed by atoms with E-state index >= 15 is 0 Å². The van der Waals surface area contributed by atoms with Gasteiger partial charge < -0.3 is 5.32 Å². The van der Waals surface area contributed by atoms with Gasteiger partial charge in [0.1, 0.15) is 6.17 Å².